The van der Waals surface area contributed by atoms with Gasteiger partial charge in [0, 0.05) is 5.56 Å². The Morgan fingerprint density at radius 1 is 1.07 bits per heavy atom. The van der Waals surface area contributed by atoms with E-state index in [9.17, 15) is 4.79 Å². The Bertz CT molecular complexity index is 1030. The summed E-state index contributed by atoms with van der Waals surface area (Å²) in [6, 6.07) is 13.5. The molecule has 0 spiro atoms. The fraction of sp³-hybridized carbons (Fsp3) is 0.286. The van der Waals surface area contributed by atoms with Crippen molar-refractivity contribution in [2.45, 2.75) is 30.6 Å². The number of para-hydroxylation sites is 2. The summed E-state index contributed by atoms with van der Waals surface area (Å²) in [4.78, 5) is 12.5. The van der Waals surface area contributed by atoms with Crippen LogP contribution in [0.15, 0.2) is 52.1 Å². The summed E-state index contributed by atoms with van der Waals surface area (Å²) in [7, 11) is 0. The second-order valence-electron chi connectivity index (χ2n) is 6.82. The van der Waals surface area contributed by atoms with E-state index >= 15 is 0 Å². The zero-order valence-electron chi connectivity index (χ0n) is 15.1. The molecule has 142 valence electrons. The van der Waals surface area contributed by atoms with Crippen LogP contribution < -0.4 is 9.47 Å². The van der Waals surface area contributed by atoms with E-state index in [1.54, 1.807) is 0 Å². The van der Waals surface area contributed by atoms with E-state index in [2.05, 4.69) is 16.3 Å². The molecule has 28 heavy (non-hydrogen) atoms. The largest absolute Gasteiger partial charge is 0.485 e. The maximum Gasteiger partial charge on any atom is 0.277 e. The lowest BCUT2D eigenvalue weighted by Gasteiger charge is -2.23. The minimum atomic E-state index is -0.454. The summed E-state index contributed by atoms with van der Waals surface area (Å²) in [5.74, 6) is 2.02. The van der Waals surface area contributed by atoms with Crippen molar-refractivity contribution in [3.05, 3.63) is 65.0 Å². The summed E-state index contributed by atoms with van der Waals surface area (Å²) in [6.07, 6.45) is 2.89. The number of rotatable bonds is 5. The van der Waals surface area contributed by atoms with Crippen molar-refractivity contribution in [3.8, 4) is 11.5 Å². The molecular weight excluding hydrogens is 376 g/mol. The third kappa shape index (κ3) is 3.38. The normalized spacial score (nSPS) is 17.4. The molecule has 5 rings (SSSR count). The molecule has 1 atom stereocenters. The molecule has 1 aliphatic carbocycles. The number of aromatic nitrogens is 2. The van der Waals surface area contributed by atoms with Crippen LogP contribution in [0.1, 0.15) is 39.9 Å². The quantitative estimate of drug-likeness (QED) is 0.477. The number of Topliss-reactive ketones (excluding diaryl/α,β-unsaturated/α-hetero) is 1. The molecule has 0 bridgehead atoms. The third-order valence-electron chi connectivity index (χ3n) is 4.95. The van der Waals surface area contributed by atoms with Gasteiger partial charge in [0.25, 0.3) is 11.1 Å². The molecule has 3 aromatic rings. The topological polar surface area (TPSA) is 74.5 Å². The molecule has 0 fully saturated rings. The second-order valence-corrected chi connectivity index (χ2v) is 7.75. The number of benzene rings is 2. The van der Waals surface area contributed by atoms with E-state index < -0.39 is 6.10 Å². The molecule has 0 saturated carbocycles. The smallest absolute Gasteiger partial charge is 0.277 e. The highest BCUT2D eigenvalue weighted by Crippen LogP contribution is 2.36. The van der Waals surface area contributed by atoms with Crippen LogP contribution in [0.25, 0.3) is 0 Å². The predicted octanol–water partition coefficient (Wildman–Crippen LogP) is 4.05. The first-order chi connectivity index (χ1) is 13.8. The highest BCUT2D eigenvalue weighted by atomic mass is 32.2. The maximum absolute atomic E-state index is 12.5. The Labute approximate surface area is 166 Å². The Balaban J connectivity index is 1.22. The van der Waals surface area contributed by atoms with Gasteiger partial charge in [-0.25, -0.2) is 0 Å². The van der Waals surface area contributed by atoms with E-state index in [4.69, 9.17) is 13.9 Å². The number of carbonyl (C=O) groups excluding carboxylic acids is 1. The second kappa shape index (κ2) is 7.31. The van der Waals surface area contributed by atoms with Gasteiger partial charge in [0.2, 0.25) is 6.10 Å². The van der Waals surface area contributed by atoms with Gasteiger partial charge >= 0.3 is 0 Å². The van der Waals surface area contributed by atoms with Crippen LogP contribution in [-0.4, -0.2) is 28.3 Å². The molecule has 1 aliphatic heterocycles. The van der Waals surface area contributed by atoms with Gasteiger partial charge in [-0.1, -0.05) is 36.0 Å². The summed E-state index contributed by atoms with van der Waals surface area (Å²) in [5.41, 5.74) is 3.40. The van der Waals surface area contributed by atoms with Gasteiger partial charge in [-0.3, -0.25) is 4.79 Å². The van der Waals surface area contributed by atoms with Crippen molar-refractivity contribution >= 4 is 17.5 Å². The summed E-state index contributed by atoms with van der Waals surface area (Å²) in [5, 5.41) is 8.44. The molecule has 7 heteroatoms. The maximum atomic E-state index is 12.5. The van der Waals surface area contributed by atoms with E-state index in [1.807, 2.05) is 36.4 Å². The lowest BCUT2D eigenvalue weighted by atomic mass is 10.0. The predicted molar refractivity (Wildman–Crippen MR) is 103 cm³/mol. The summed E-state index contributed by atoms with van der Waals surface area (Å²) in [6.45, 7) is 0.303. The molecule has 6 nitrogen and oxygen atoms in total. The Hall–Kier alpha value is -2.80. The molecular formula is C21H18N2O4S. The molecule has 2 aromatic carbocycles. The van der Waals surface area contributed by atoms with Gasteiger partial charge in [-0.2, -0.15) is 0 Å². The number of aryl methyl sites for hydroxylation is 2. The summed E-state index contributed by atoms with van der Waals surface area (Å²) >= 11 is 1.24. The fourth-order valence-corrected chi connectivity index (χ4v) is 4.17. The van der Waals surface area contributed by atoms with Crippen LogP contribution in [-0.2, 0) is 12.8 Å². The minimum Gasteiger partial charge on any atom is -0.485 e. The zero-order chi connectivity index (χ0) is 18.9. The first-order valence-corrected chi connectivity index (χ1v) is 10.2. The van der Waals surface area contributed by atoms with E-state index in [-0.39, 0.29) is 11.5 Å². The number of hydrogen-bond acceptors (Lipinski definition) is 7. The monoisotopic (exact) mass is 394 g/mol. The number of thioether (sulfide) groups is 1. The fourth-order valence-electron chi connectivity index (χ4n) is 3.51. The van der Waals surface area contributed by atoms with Crippen LogP contribution in [0, 0.1) is 0 Å². The lowest BCUT2D eigenvalue weighted by Crippen LogP contribution is -2.21. The average molecular weight is 394 g/mol. The van der Waals surface area contributed by atoms with Crippen molar-refractivity contribution in [2.75, 3.05) is 12.4 Å². The number of hydrogen-bond donors (Lipinski definition) is 0. The molecule has 0 radical (unpaired) electrons. The average Bonchev–Trinajstić information content (AvgIpc) is 3.40. The molecule has 1 unspecified atom stereocenters. The van der Waals surface area contributed by atoms with Gasteiger partial charge in [0.05, 0.1) is 5.75 Å². The first-order valence-electron chi connectivity index (χ1n) is 9.26. The van der Waals surface area contributed by atoms with Gasteiger partial charge < -0.3 is 13.9 Å². The van der Waals surface area contributed by atoms with Crippen molar-refractivity contribution in [3.63, 3.8) is 0 Å². The number of ether oxygens (including phenoxy) is 2. The van der Waals surface area contributed by atoms with E-state index in [1.165, 1.54) is 29.3 Å². The molecule has 0 N–H and O–H groups in total. The number of nitrogens with zero attached hydrogens (tertiary/aromatic N) is 2. The minimum absolute atomic E-state index is 0.0608. The van der Waals surface area contributed by atoms with Crippen LogP contribution >= 0.6 is 11.8 Å². The molecule has 1 aromatic heterocycles. The Morgan fingerprint density at radius 3 is 2.86 bits per heavy atom. The number of ketones is 1. The highest BCUT2D eigenvalue weighted by molar-refractivity contribution is 7.99. The SMILES string of the molecule is O=C(CSc1nnc(C2COc3ccccc3O2)o1)c1ccc2c(c1)CCC2. The zero-order valence-corrected chi connectivity index (χ0v) is 15.9. The van der Waals surface area contributed by atoms with Gasteiger partial charge in [-0.15, -0.1) is 10.2 Å². The van der Waals surface area contributed by atoms with Crippen LogP contribution in [0.2, 0.25) is 0 Å². The van der Waals surface area contributed by atoms with E-state index in [0.29, 0.717) is 29.2 Å². The van der Waals surface area contributed by atoms with Crippen LogP contribution in [0.3, 0.4) is 0 Å². The standard InChI is InChI=1S/C21H18N2O4S/c24-16(15-9-8-13-4-3-5-14(13)10-15)12-28-21-23-22-20(27-21)19-11-25-17-6-1-2-7-18(17)26-19/h1-2,6-10,19H,3-5,11-12H2. The lowest BCUT2D eigenvalue weighted by molar-refractivity contribution is 0.0686. The van der Waals surface area contributed by atoms with Crippen molar-refractivity contribution < 1.29 is 18.7 Å². The molecule has 2 aliphatic rings. The highest BCUT2D eigenvalue weighted by Gasteiger charge is 2.27. The van der Waals surface area contributed by atoms with Gasteiger partial charge in [0.15, 0.2) is 17.3 Å². The van der Waals surface area contributed by atoms with Gasteiger partial charge in [-0.05, 0) is 48.6 Å². The van der Waals surface area contributed by atoms with Crippen molar-refractivity contribution in [1.29, 1.82) is 0 Å². The van der Waals surface area contributed by atoms with Crippen LogP contribution in [0.4, 0.5) is 0 Å². The third-order valence-corrected chi connectivity index (χ3v) is 5.77. The van der Waals surface area contributed by atoms with Crippen LogP contribution in [0.5, 0.6) is 11.5 Å². The Morgan fingerprint density at radius 2 is 1.93 bits per heavy atom. The van der Waals surface area contributed by atoms with E-state index in [0.717, 1.165) is 18.4 Å². The summed E-state index contributed by atoms with van der Waals surface area (Å²) < 4.78 is 17.2. The number of fused-ring (bicyclic) bond motifs is 2. The van der Waals surface area contributed by atoms with Gasteiger partial charge in [0.1, 0.15) is 6.61 Å². The first kappa shape index (κ1) is 17.3. The number of carbonyl (C=O) groups is 1. The molecule has 2 heterocycles. The Kier molecular flexibility index (Phi) is 4.52. The molecule has 0 saturated heterocycles. The van der Waals surface area contributed by atoms with Crippen molar-refractivity contribution in [2.24, 2.45) is 0 Å². The van der Waals surface area contributed by atoms with Crippen molar-refractivity contribution in [1.82, 2.24) is 10.2 Å². The molecule has 0 amide bonds.